The van der Waals surface area contributed by atoms with Crippen molar-refractivity contribution in [2.75, 3.05) is 6.61 Å². The van der Waals surface area contributed by atoms with E-state index in [1.807, 2.05) is 13.0 Å². The average Bonchev–Trinajstić information content (AvgIpc) is 2.89. The van der Waals surface area contributed by atoms with Gasteiger partial charge in [-0.05, 0) is 56.3 Å². The minimum absolute atomic E-state index is 0.0207. The van der Waals surface area contributed by atoms with E-state index in [2.05, 4.69) is 40.8 Å². The lowest BCUT2D eigenvalue weighted by atomic mass is 9.92. The normalized spacial score (nSPS) is 18.0. The van der Waals surface area contributed by atoms with Gasteiger partial charge in [-0.1, -0.05) is 33.8 Å². The minimum atomic E-state index is -1.90. The molecule has 0 heterocycles. The molecule has 0 radical (unpaired) electrons. The summed E-state index contributed by atoms with van der Waals surface area (Å²) in [7, 11) is -1.90. The van der Waals surface area contributed by atoms with Crippen molar-refractivity contribution >= 4 is 20.1 Å². The first kappa shape index (κ1) is 22.1. The summed E-state index contributed by atoms with van der Waals surface area (Å²) in [5.74, 6) is -0.337. The Bertz CT molecular complexity index is 502. The first-order chi connectivity index (χ1) is 11.5. The predicted octanol–water partition coefficient (Wildman–Crippen LogP) is 5.04. The highest BCUT2D eigenvalue weighted by Gasteiger charge is 2.40. The van der Waals surface area contributed by atoms with E-state index in [1.165, 1.54) is 0 Å². The van der Waals surface area contributed by atoms with Crippen molar-refractivity contribution in [1.29, 1.82) is 0 Å². The summed E-state index contributed by atoms with van der Waals surface area (Å²) in [6.07, 6.45) is 5.32. The molecule has 0 unspecified atom stereocenters. The van der Waals surface area contributed by atoms with Gasteiger partial charge in [-0.15, -0.1) is 0 Å². The molecule has 0 saturated carbocycles. The van der Waals surface area contributed by atoms with Crippen LogP contribution in [0.3, 0.4) is 0 Å². The van der Waals surface area contributed by atoms with E-state index in [-0.39, 0.29) is 28.8 Å². The van der Waals surface area contributed by atoms with E-state index in [0.29, 0.717) is 25.9 Å². The Kier molecular flexibility index (Phi) is 8.07. The van der Waals surface area contributed by atoms with Gasteiger partial charge in [0.25, 0.3) is 0 Å². The van der Waals surface area contributed by atoms with E-state index in [4.69, 9.17) is 9.16 Å². The third kappa shape index (κ3) is 6.37. The lowest BCUT2D eigenvalue weighted by molar-refractivity contribution is -0.149. The summed E-state index contributed by atoms with van der Waals surface area (Å²) in [4.78, 5) is 24.4. The number of allylic oxidation sites excluding steroid dienone is 2. The Morgan fingerprint density at radius 2 is 1.92 bits per heavy atom. The number of carbonyl (C=O) groups excluding carboxylic acids is 2. The average molecular weight is 369 g/mol. The number of hydrogen-bond donors (Lipinski definition) is 0. The summed E-state index contributed by atoms with van der Waals surface area (Å²) >= 11 is 0. The molecule has 2 atom stereocenters. The van der Waals surface area contributed by atoms with Crippen molar-refractivity contribution in [2.45, 2.75) is 91.0 Å². The van der Waals surface area contributed by atoms with Crippen molar-refractivity contribution in [3.63, 3.8) is 0 Å². The Morgan fingerprint density at radius 3 is 2.36 bits per heavy atom. The summed E-state index contributed by atoms with van der Waals surface area (Å²) in [6, 6.07) is 0. The maximum atomic E-state index is 12.4. The molecule has 0 aromatic carbocycles. The largest absolute Gasteiger partial charge is 0.466 e. The molecule has 144 valence electrons. The maximum Gasteiger partial charge on any atom is 0.309 e. The van der Waals surface area contributed by atoms with Crippen LogP contribution in [-0.4, -0.2) is 32.8 Å². The van der Waals surface area contributed by atoms with Crippen LogP contribution in [0.4, 0.5) is 0 Å². The smallest absolute Gasteiger partial charge is 0.309 e. The molecule has 0 aromatic rings. The topological polar surface area (TPSA) is 52.6 Å². The second kappa shape index (κ2) is 9.13. The van der Waals surface area contributed by atoms with Crippen LogP contribution in [0, 0.1) is 5.92 Å². The molecule has 1 rings (SSSR count). The van der Waals surface area contributed by atoms with Crippen LogP contribution in [0.5, 0.6) is 0 Å². The second-order valence-corrected chi connectivity index (χ2v) is 13.2. The zero-order valence-electron chi connectivity index (χ0n) is 17.1. The van der Waals surface area contributed by atoms with E-state index in [9.17, 15) is 9.59 Å². The number of hydrogen-bond acceptors (Lipinski definition) is 4. The molecule has 5 heteroatoms. The molecule has 0 aliphatic heterocycles. The zero-order chi connectivity index (χ0) is 19.3. The Hall–Kier alpha value is -0.943. The predicted molar refractivity (Wildman–Crippen MR) is 104 cm³/mol. The first-order valence-electron chi connectivity index (χ1n) is 9.58. The van der Waals surface area contributed by atoms with Gasteiger partial charge >= 0.3 is 5.97 Å². The third-order valence-electron chi connectivity index (χ3n) is 5.48. The minimum Gasteiger partial charge on any atom is -0.466 e. The number of ketones is 1. The van der Waals surface area contributed by atoms with Gasteiger partial charge in [-0.25, -0.2) is 0 Å². The van der Waals surface area contributed by atoms with Gasteiger partial charge in [0.2, 0.25) is 0 Å². The van der Waals surface area contributed by atoms with E-state index >= 15 is 0 Å². The molecule has 1 aliphatic rings. The fourth-order valence-corrected chi connectivity index (χ4v) is 4.30. The molecule has 25 heavy (non-hydrogen) atoms. The molecule has 0 bridgehead atoms. The van der Waals surface area contributed by atoms with Crippen molar-refractivity contribution in [1.82, 2.24) is 0 Å². The van der Waals surface area contributed by atoms with Gasteiger partial charge in [-0.3, -0.25) is 9.59 Å². The molecule has 0 fully saturated rings. The van der Waals surface area contributed by atoms with Crippen molar-refractivity contribution in [3.8, 4) is 0 Å². The summed E-state index contributed by atoms with van der Waals surface area (Å²) in [5, 5.41) is 0.129. The molecule has 0 amide bonds. The highest BCUT2D eigenvalue weighted by Crippen LogP contribution is 2.38. The number of ether oxygens (including phenoxy) is 1. The van der Waals surface area contributed by atoms with Crippen molar-refractivity contribution < 1.29 is 18.8 Å². The molecule has 4 nitrogen and oxygen atoms in total. The van der Waals surface area contributed by atoms with Crippen molar-refractivity contribution in [3.05, 3.63) is 11.6 Å². The number of Topliss-reactive ketones (excluding diaryl/α,β-unsaturated/α-hetero) is 1. The number of carbonyl (C=O) groups is 2. The molecular weight excluding hydrogens is 332 g/mol. The van der Waals surface area contributed by atoms with Crippen LogP contribution in [0.2, 0.25) is 18.1 Å². The Morgan fingerprint density at radius 1 is 1.28 bits per heavy atom. The van der Waals surface area contributed by atoms with Gasteiger partial charge in [-0.2, -0.15) is 0 Å². The summed E-state index contributed by atoms with van der Waals surface area (Å²) < 4.78 is 11.8. The van der Waals surface area contributed by atoms with Gasteiger partial charge < -0.3 is 9.16 Å². The molecule has 0 N–H and O–H groups in total. The van der Waals surface area contributed by atoms with Crippen molar-refractivity contribution in [2.24, 2.45) is 5.92 Å². The van der Waals surface area contributed by atoms with Crippen LogP contribution in [0.1, 0.15) is 66.7 Å². The highest BCUT2D eigenvalue weighted by molar-refractivity contribution is 6.74. The molecule has 0 aromatic heterocycles. The molecule has 1 aliphatic carbocycles. The Labute approximate surface area is 154 Å². The van der Waals surface area contributed by atoms with E-state index < -0.39 is 8.32 Å². The van der Waals surface area contributed by atoms with Gasteiger partial charge in [0.05, 0.1) is 12.5 Å². The molecule has 0 spiro atoms. The van der Waals surface area contributed by atoms with Crippen LogP contribution in [0.25, 0.3) is 0 Å². The summed E-state index contributed by atoms with van der Waals surface area (Å²) in [5.41, 5.74) is 0.792. The zero-order valence-corrected chi connectivity index (χ0v) is 18.1. The fraction of sp³-hybridized carbons (Fsp3) is 0.800. The SMILES string of the molecule is CCOC(=O)[C@H](CC1=CCCC1=O)C[C@@H](CC)O[Si](C)(C)C(C)(C)C. The molecule has 0 saturated heterocycles. The quantitative estimate of drug-likeness (QED) is 0.423. The fourth-order valence-electron chi connectivity index (χ4n) is 2.85. The van der Waals surface area contributed by atoms with Gasteiger partial charge in [0.15, 0.2) is 14.1 Å². The van der Waals surface area contributed by atoms with Crippen LogP contribution in [-0.2, 0) is 18.8 Å². The Balaban J connectivity index is 2.86. The lowest BCUT2D eigenvalue weighted by Gasteiger charge is -2.39. The monoisotopic (exact) mass is 368 g/mol. The van der Waals surface area contributed by atoms with Crippen LogP contribution in [0.15, 0.2) is 11.6 Å². The second-order valence-electron chi connectivity index (χ2n) is 8.49. The van der Waals surface area contributed by atoms with Gasteiger partial charge in [0.1, 0.15) is 0 Å². The number of rotatable bonds is 9. The third-order valence-corrected chi connectivity index (χ3v) is 10.0. The highest BCUT2D eigenvalue weighted by atomic mass is 28.4. The summed E-state index contributed by atoms with van der Waals surface area (Å²) in [6.45, 7) is 15.4. The number of esters is 1. The first-order valence-corrected chi connectivity index (χ1v) is 12.5. The van der Waals surface area contributed by atoms with E-state index in [0.717, 1.165) is 18.4 Å². The van der Waals surface area contributed by atoms with Crippen LogP contribution >= 0.6 is 0 Å². The standard InChI is InChI=1S/C20H36O4Si/c1-8-17(24-25(6,7)20(3,4)5)14-16(19(22)23-9-2)13-15-11-10-12-18(15)21/h11,16-17H,8-10,12-14H2,1-7H3/t16-,17-/m1/s1. The van der Waals surface area contributed by atoms with E-state index in [1.54, 1.807) is 0 Å². The lowest BCUT2D eigenvalue weighted by Crippen LogP contribution is -2.44. The van der Waals surface area contributed by atoms with Crippen LogP contribution < -0.4 is 0 Å². The maximum absolute atomic E-state index is 12.4. The van der Waals surface area contributed by atoms with Gasteiger partial charge in [0, 0.05) is 12.5 Å². The molecular formula is C20H36O4Si.